The topological polar surface area (TPSA) is 75.4 Å². The Bertz CT molecular complexity index is 598. The third-order valence-corrected chi connectivity index (χ3v) is 4.85. The van der Waals surface area contributed by atoms with Crippen LogP contribution in [0.25, 0.3) is 0 Å². The molecule has 1 aromatic rings. The van der Waals surface area contributed by atoms with Gasteiger partial charge in [0.25, 0.3) is 5.91 Å². The summed E-state index contributed by atoms with van der Waals surface area (Å²) in [7, 11) is 3.31. The summed E-state index contributed by atoms with van der Waals surface area (Å²) in [5, 5.41) is 3.16. The summed E-state index contributed by atoms with van der Waals surface area (Å²) < 4.78 is 0. The quantitative estimate of drug-likeness (QED) is 0.854. The number of nitrogens with two attached hydrogens (primary N) is 1. The van der Waals surface area contributed by atoms with Crippen LogP contribution in [0, 0.1) is 5.92 Å². The maximum absolute atomic E-state index is 12.3. The van der Waals surface area contributed by atoms with Crippen LogP contribution >= 0.6 is 11.6 Å². The molecule has 1 aliphatic carbocycles. The van der Waals surface area contributed by atoms with Crippen molar-refractivity contribution in [2.24, 2.45) is 11.7 Å². The van der Waals surface area contributed by atoms with Gasteiger partial charge in [-0.3, -0.25) is 9.59 Å². The molecule has 132 valence electrons. The lowest BCUT2D eigenvalue weighted by atomic mass is 9.85. The molecule has 5 nitrogen and oxygen atoms in total. The summed E-state index contributed by atoms with van der Waals surface area (Å²) >= 11 is 6.08. The second kappa shape index (κ2) is 8.49. The van der Waals surface area contributed by atoms with Crippen molar-refractivity contribution in [3.8, 4) is 0 Å². The second-order valence-electron chi connectivity index (χ2n) is 6.73. The minimum atomic E-state index is -0.531. The number of nitrogens with one attached hydrogen (secondary N) is 1. The smallest absolute Gasteiger partial charge is 0.254 e. The SMILES string of the molecule is CN(C)C(=O)c1cc(NC(=O)C(N)CC2CCCCC2)ccc1Cl. The first-order valence-electron chi connectivity index (χ1n) is 8.46. The van der Waals surface area contributed by atoms with Gasteiger partial charge in [0.15, 0.2) is 0 Å². The van der Waals surface area contributed by atoms with Crippen LogP contribution in [0.5, 0.6) is 0 Å². The standard InChI is InChI=1S/C18H26ClN3O2/c1-22(2)18(24)14-11-13(8-9-15(14)19)21-17(23)16(20)10-12-6-4-3-5-7-12/h8-9,11-12,16H,3-7,10,20H2,1-2H3,(H,21,23). The zero-order valence-electron chi connectivity index (χ0n) is 14.3. The summed E-state index contributed by atoms with van der Waals surface area (Å²) in [5.41, 5.74) is 6.96. The predicted molar refractivity (Wildman–Crippen MR) is 97.3 cm³/mol. The molecule has 1 unspecified atom stereocenters. The Morgan fingerprint density at radius 3 is 2.58 bits per heavy atom. The van der Waals surface area contributed by atoms with Crippen LogP contribution in [0.1, 0.15) is 48.9 Å². The molecular weight excluding hydrogens is 326 g/mol. The Labute approximate surface area is 148 Å². The molecule has 0 radical (unpaired) electrons. The third kappa shape index (κ3) is 4.95. The van der Waals surface area contributed by atoms with E-state index >= 15 is 0 Å². The fourth-order valence-corrected chi connectivity index (χ4v) is 3.33. The fraction of sp³-hybridized carbons (Fsp3) is 0.556. The molecule has 0 aliphatic heterocycles. The predicted octanol–water partition coefficient (Wildman–Crippen LogP) is 3.28. The van der Waals surface area contributed by atoms with E-state index in [9.17, 15) is 9.59 Å². The summed E-state index contributed by atoms with van der Waals surface area (Å²) in [6, 6.07) is 4.35. The Balaban J connectivity index is 2.00. The highest BCUT2D eigenvalue weighted by atomic mass is 35.5. The van der Waals surface area contributed by atoms with Crippen LogP contribution in [-0.2, 0) is 4.79 Å². The van der Waals surface area contributed by atoms with Crippen LogP contribution in [-0.4, -0.2) is 36.9 Å². The molecule has 1 atom stereocenters. The molecule has 1 aliphatic rings. The van der Waals surface area contributed by atoms with Crippen molar-refractivity contribution in [2.45, 2.75) is 44.6 Å². The molecule has 3 N–H and O–H groups in total. The van der Waals surface area contributed by atoms with Gasteiger partial charge in [-0.2, -0.15) is 0 Å². The summed E-state index contributed by atoms with van der Waals surface area (Å²) in [6.07, 6.45) is 6.76. The lowest BCUT2D eigenvalue weighted by Gasteiger charge is -2.24. The van der Waals surface area contributed by atoms with Gasteiger partial charge in [-0.05, 0) is 30.5 Å². The molecule has 2 amide bonds. The van der Waals surface area contributed by atoms with E-state index in [1.807, 2.05) is 0 Å². The second-order valence-corrected chi connectivity index (χ2v) is 7.14. The first-order valence-corrected chi connectivity index (χ1v) is 8.84. The minimum absolute atomic E-state index is 0.206. The van der Waals surface area contributed by atoms with Crippen LogP contribution in [0.3, 0.4) is 0 Å². The highest BCUT2D eigenvalue weighted by Gasteiger charge is 2.22. The molecule has 0 bridgehead atoms. The first kappa shape index (κ1) is 18.7. The third-order valence-electron chi connectivity index (χ3n) is 4.52. The Morgan fingerprint density at radius 2 is 1.96 bits per heavy atom. The number of carbonyl (C=O) groups excluding carboxylic acids is 2. The Morgan fingerprint density at radius 1 is 1.29 bits per heavy atom. The largest absolute Gasteiger partial charge is 0.345 e. The van der Waals surface area contributed by atoms with Gasteiger partial charge in [-0.25, -0.2) is 0 Å². The van der Waals surface area contributed by atoms with Gasteiger partial charge in [0.2, 0.25) is 5.91 Å². The highest BCUT2D eigenvalue weighted by molar-refractivity contribution is 6.34. The molecule has 1 aromatic carbocycles. The number of anilines is 1. The molecule has 1 fully saturated rings. The number of rotatable bonds is 5. The molecular formula is C18H26ClN3O2. The van der Waals surface area contributed by atoms with Gasteiger partial charge in [-0.15, -0.1) is 0 Å². The first-order chi connectivity index (χ1) is 11.4. The van der Waals surface area contributed by atoms with E-state index in [4.69, 9.17) is 17.3 Å². The highest BCUT2D eigenvalue weighted by Crippen LogP contribution is 2.27. The van der Waals surface area contributed by atoms with Gasteiger partial charge >= 0.3 is 0 Å². The van der Waals surface area contributed by atoms with Gasteiger partial charge in [0, 0.05) is 19.8 Å². The number of amides is 2. The molecule has 6 heteroatoms. The van der Waals surface area contributed by atoms with Crippen LogP contribution < -0.4 is 11.1 Å². The van der Waals surface area contributed by atoms with Crippen molar-refractivity contribution in [3.63, 3.8) is 0 Å². The molecule has 0 aromatic heterocycles. The molecule has 2 rings (SSSR count). The van der Waals surface area contributed by atoms with Crippen molar-refractivity contribution in [1.82, 2.24) is 4.90 Å². The summed E-state index contributed by atoms with van der Waals surface area (Å²) in [6.45, 7) is 0. The number of benzene rings is 1. The number of carbonyl (C=O) groups is 2. The van der Waals surface area contributed by atoms with E-state index in [-0.39, 0.29) is 11.8 Å². The van der Waals surface area contributed by atoms with E-state index < -0.39 is 6.04 Å². The van der Waals surface area contributed by atoms with E-state index in [0.717, 1.165) is 12.8 Å². The Kier molecular flexibility index (Phi) is 6.63. The average Bonchev–Trinajstić information content (AvgIpc) is 2.56. The van der Waals surface area contributed by atoms with Crippen molar-refractivity contribution in [2.75, 3.05) is 19.4 Å². The lowest BCUT2D eigenvalue weighted by molar-refractivity contribution is -0.117. The van der Waals surface area contributed by atoms with Gasteiger partial charge < -0.3 is 16.0 Å². The number of nitrogens with zero attached hydrogens (tertiary/aromatic N) is 1. The molecule has 1 saturated carbocycles. The number of hydrogen-bond acceptors (Lipinski definition) is 3. The maximum atomic E-state index is 12.3. The van der Waals surface area contributed by atoms with Crippen molar-refractivity contribution >= 4 is 29.1 Å². The molecule has 24 heavy (non-hydrogen) atoms. The summed E-state index contributed by atoms with van der Waals surface area (Å²) in [4.78, 5) is 25.9. The normalized spacial score (nSPS) is 16.5. The number of halogens is 1. The molecule has 0 heterocycles. The minimum Gasteiger partial charge on any atom is -0.345 e. The van der Waals surface area contributed by atoms with Crippen molar-refractivity contribution in [3.05, 3.63) is 28.8 Å². The van der Waals surface area contributed by atoms with Crippen molar-refractivity contribution < 1.29 is 9.59 Å². The van der Waals surface area contributed by atoms with E-state index in [0.29, 0.717) is 28.6 Å². The molecule has 0 spiro atoms. The van der Waals surface area contributed by atoms with E-state index in [1.165, 1.54) is 24.2 Å². The number of hydrogen-bond donors (Lipinski definition) is 2. The van der Waals surface area contributed by atoms with Crippen LogP contribution in [0.2, 0.25) is 5.02 Å². The van der Waals surface area contributed by atoms with E-state index in [1.54, 1.807) is 32.3 Å². The lowest BCUT2D eigenvalue weighted by Crippen LogP contribution is -2.37. The van der Waals surface area contributed by atoms with Gasteiger partial charge in [0.05, 0.1) is 16.6 Å². The summed E-state index contributed by atoms with van der Waals surface area (Å²) in [5.74, 6) is 0.115. The Hall–Kier alpha value is -1.59. The zero-order valence-corrected chi connectivity index (χ0v) is 15.1. The van der Waals surface area contributed by atoms with Gasteiger partial charge in [0.1, 0.15) is 0 Å². The van der Waals surface area contributed by atoms with Crippen molar-refractivity contribution in [1.29, 1.82) is 0 Å². The zero-order chi connectivity index (χ0) is 17.7. The van der Waals surface area contributed by atoms with E-state index in [2.05, 4.69) is 5.32 Å². The van der Waals surface area contributed by atoms with Crippen LogP contribution in [0.15, 0.2) is 18.2 Å². The molecule has 0 saturated heterocycles. The monoisotopic (exact) mass is 351 g/mol. The maximum Gasteiger partial charge on any atom is 0.254 e. The van der Waals surface area contributed by atoms with Crippen LogP contribution in [0.4, 0.5) is 5.69 Å². The average molecular weight is 352 g/mol. The van der Waals surface area contributed by atoms with Gasteiger partial charge in [-0.1, -0.05) is 43.7 Å². The fourth-order valence-electron chi connectivity index (χ4n) is 3.13.